The molecule has 0 aromatic carbocycles. The second-order valence-corrected chi connectivity index (χ2v) is 6.00. The first-order valence-electron chi connectivity index (χ1n) is 6.54. The summed E-state index contributed by atoms with van der Waals surface area (Å²) in [5.41, 5.74) is 1.68. The SMILES string of the molecule is Cn1ncc(C#N)c1NC(=O)c1cc2c(s1)CCCC2. The van der Waals surface area contributed by atoms with E-state index in [9.17, 15) is 4.79 Å². The standard InChI is InChI=1S/C14H14N4OS/c1-18-13(10(7-15)8-16-18)17-14(19)12-6-9-4-2-3-5-11(9)20-12/h6,8H,2-5H2,1H3,(H,17,19). The Kier molecular flexibility index (Phi) is 3.28. The van der Waals surface area contributed by atoms with Crippen LogP contribution in [0.1, 0.15) is 38.5 Å². The zero-order valence-electron chi connectivity index (χ0n) is 11.1. The van der Waals surface area contributed by atoms with Gasteiger partial charge in [-0.05, 0) is 37.3 Å². The summed E-state index contributed by atoms with van der Waals surface area (Å²) in [6, 6.07) is 4.01. The molecule has 0 unspecified atom stereocenters. The highest BCUT2D eigenvalue weighted by Crippen LogP contribution is 2.30. The van der Waals surface area contributed by atoms with Crippen LogP contribution in [0.2, 0.25) is 0 Å². The Morgan fingerprint density at radius 3 is 3.05 bits per heavy atom. The predicted octanol–water partition coefficient (Wildman–Crippen LogP) is 2.48. The van der Waals surface area contributed by atoms with Gasteiger partial charge in [0.1, 0.15) is 17.5 Å². The Morgan fingerprint density at radius 2 is 2.30 bits per heavy atom. The topological polar surface area (TPSA) is 70.7 Å². The molecular weight excluding hydrogens is 272 g/mol. The summed E-state index contributed by atoms with van der Waals surface area (Å²) in [5.74, 6) is 0.286. The fraction of sp³-hybridized carbons (Fsp3) is 0.357. The third-order valence-electron chi connectivity index (χ3n) is 3.51. The molecule has 0 saturated carbocycles. The first-order chi connectivity index (χ1) is 9.69. The molecule has 102 valence electrons. The zero-order valence-corrected chi connectivity index (χ0v) is 12.0. The smallest absolute Gasteiger partial charge is 0.266 e. The summed E-state index contributed by atoms with van der Waals surface area (Å²) < 4.78 is 1.50. The van der Waals surface area contributed by atoms with Gasteiger partial charge < -0.3 is 5.32 Å². The molecule has 0 atom stereocenters. The van der Waals surface area contributed by atoms with E-state index in [-0.39, 0.29) is 5.91 Å². The molecule has 0 radical (unpaired) electrons. The van der Waals surface area contributed by atoms with Crippen molar-refractivity contribution in [1.29, 1.82) is 5.26 Å². The molecule has 2 heterocycles. The van der Waals surface area contributed by atoms with Crippen molar-refractivity contribution >= 4 is 23.1 Å². The third-order valence-corrected chi connectivity index (χ3v) is 4.75. The number of hydrogen-bond acceptors (Lipinski definition) is 4. The number of fused-ring (bicyclic) bond motifs is 1. The van der Waals surface area contributed by atoms with E-state index >= 15 is 0 Å². The van der Waals surface area contributed by atoms with Crippen LogP contribution in [0.4, 0.5) is 5.82 Å². The van der Waals surface area contributed by atoms with E-state index in [1.54, 1.807) is 18.4 Å². The van der Waals surface area contributed by atoms with Gasteiger partial charge in [0.2, 0.25) is 0 Å². The number of rotatable bonds is 2. The van der Waals surface area contributed by atoms with Gasteiger partial charge >= 0.3 is 0 Å². The first-order valence-corrected chi connectivity index (χ1v) is 7.35. The Hall–Kier alpha value is -2.13. The number of nitrogens with zero attached hydrogens (tertiary/aromatic N) is 3. The third kappa shape index (κ3) is 2.21. The van der Waals surface area contributed by atoms with Crippen LogP contribution in [0.25, 0.3) is 0 Å². The van der Waals surface area contributed by atoms with Crippen LogP contribution in [-0.2, 0) is 19.9 Å². The molecule has 1 aliphatic carbocycles. The van der Waals surface area contributed by atoms with E-state index < -0.39 is 0 Å². The fourth-order valence-electron chi connectivity index (χ4n) is 2.44. The molecule has 0 fully saturated rings. The van der Waals surface area contributed by atoms with Crippen molar-refractivity contribution in [1.82, 2.24) is 9.78 Å². The lowest BCUT2D eigenvalue weighted by Gasteiger charge is -2.08. The van der Waals surface area contributed by atoms with Crippen molar-refractivity contribution in [3.8, 4) is 6.07 Å². The minimum Gasteiger partial charge on any atom is -0.305 e. The molecule has 3 rings (SSSR count). The van der Waals surface area contributed by atoms with Gasteiger partial charge in [-0.15, -0.1) is 11.3 Å². The van der Waals surface area contributed by atoms with Crippen molar-refractivity contribution in [3.05, 3.63) is 33.1 Å². The molecule has 2 aromatic rings. The van der Waals surface area contributed by atoms with E-state index in [2.05, 4.69) is 10.4 Å². The van der Waals surface area contributed by atoms with Crippen LogP contribution < -0.4 is 5.32 Å². The summed E-state index contributed by atoms with van der Waals surface area (Å²) in [6.45, 7) is 0. The van der Waals surface area contributed by atoms with Crippen LogP contribution in [0, 0.1) is 11.3 Å². The Labute approximate surface area is 120 Å². The van der Waals surface area contributed by atoms with E-state index in [0.717, 1.165) is 12.8 Å². The van der Waals surface area contributed by atoms with Crippen LogP contribution >= 0.6 is 11.3 Å². The second-order valence-electron chi connectivity index (χ2n) is 4.86. The van der Waals surface area contributed by atoms with E-state index in [0.29, 0.717) is 16.3 Å². The number of carbonyl (C=O) groups is 1. The minimum absolute atomic E-state index is 0.163. The number of nitrogens with one attached hydrogen (secondary N) is 1. The summed E-state index contributed by atoms with van der Waals surface area (Å²) in [5, 5.41) is 15.8. The Morgan fingerprint density at radius 1 is 1.50 bits per heavy atom. The molecular formula is C14H14N4OS. The molecule has 6 heteroatoms. The lowest BCUT2D eigenvalue weighted by Crippen LogP contribution is -2.14. The number of hydrogen-bond donors (Lipinski definition) is 1. The van der Waals surface area contributed by atoms with E-state index in [4.69, 9.17) is 5.26 Å². The van der Waals surface area contributed by atoms with Crippen LogP contribution in [0.3, 0.4) is 0 Å². The largest absolute Gasteiger partial charge is 0.305 e. The molecule has 20 heavy (non-hydrogen) atoms. The number of carbonyl (C=O) groups excluding carboxylic acids is 1. The summed E-state index contributed by atoms with van der Waals surface area (Å²) in [6.07, 6.45) is 5.99. The molecule has 1 aliphatic rings. The number of nitriles is 1. The number of amides is 1. The molecule has 0 aliphatic heterocycles. The van der Waals surface area contributed by atoms with Crippen LogP contribution in [0.15, 0.2) is 12.3 Å². The summed E-state index contributed by atoms with van der Waals surface area (Å²) in [4.78, 5) is 14.3. The fourth-order valence-corrected chi connectivity index (χ4v) is 3.59. The highest BCUT2D eigenvalue weighted by atomic mass is 32.1. The van der Waals surface area contributed by atoms with Gasteiger partial charge in [-0.25, -0.2) is 0 Å². The average molecular weight is 286 g/mol. The van der Waals surface area contributed by atoms with Gasteiger partial charge in [-0.1, -0.05) is 0 Å². The number of anilines is 1. The van der Waals surface area contributed by atoms with E-state index in [1.807, 2.05) is 12.1 Å². The predicted molar refractivity (Wildman–Crippen MR) is 76.8 cm³/mol. The van der Waals surface area contributed by atoms with Gasteiger partial charge in [0.25, 0.3) is 5.91 Å². The highest BCUT2D eigenvalue weighted by Gasteiger charge is 2.19. The number of aromatic nitrogens is 2. The first kappa shape index (κ1) is 12.9. The minimum atomic E-state index is -0.163. The molecule has 5 nitrogen and oxygen atoms in total. The maximum absolute atomic E-state index is 12.3. The van der Waals surface area contributed by atoms with Crippen molar-refractivity contribution < 1.29 is 4.79 Å². The van der Waals surface area contributed by atoms with E-state index in [1.165, 1.54) is 34.2 Å². The van der Waals surface area contributed by atoms with Gasteiger partial charge in [0.15, 0.2) is 0 Å². The quantitative estimate of drug-likeness (QED) is 0.922. The van der Waals surface area contributed by atoms with Crippen molar-refractivity contribution in [3.63, 3.8) is 0 Å². The monoisotopic (exact) mass is 286 g/mol. The van der Waals surface area contributed by atoms with Crippen molar-refractivity contribution in [2.75, 3.05) is 5.32 Å². The van der Waals surface area contributed by atoms with Gasteiger partial charge in [0.05, 0.1) is 11.1 Å². The van der Waals surface area contributed by atoms with Gasteiger partial charge in [-0.2, -0.15) is 10.4 Å². The maximum atomic E-state index is 12.3. The lowest BCUT2D eigenvalue weighted by atomic mass is 9.99. The van der Waals surface area contributed by atoms with Crippen LogP contribution in [-0.4, -0.2) is 15.7 Å². The number of thiophene rings is 1. The molecule has 0 saturated heterocycles. The van der Waals surface area contributed by atoms with Crippen molar-refractivity contribution in [2.45, 2.75) is 25.7 Å². The molecule has 0 bridgehead atoms. The molecule has 1 N–H and O–H groups in total. The molecule has 0 spiro atoms. The molecule has 1 amide bonds. The second kappa shape index (κ2) is 5.10. The van der Waals surface area contributed by atoms with Gasteiger partial charge in [-0.3, -0.25) is 9.48 Å². The summed E-state index contributed by atoms with van der Waals surface area (Å²) >= 11 is 1.56. The highest BCUT2D eigenvalue weighted by molar-refractivity contribution is 7.14. The maximum Gasteiger partial charge on any atom is 0.266 e. The normalized spacial score (nSPS) is 13.6. The summed E-state index contributed by atoms with van der Waals surface area (Å²) in [7, 11) is 1.70. The average Bonchev–Trinajstić information content (AvgIpc) is 3.03. The van der Waals surface area contributed by atoms with Crippen molar-refractivity contribution in [2.24, 2.45) is 7.05 Å². The lowest BCUT2D eigenvalue weighted by molar-refractivity contribution is 0.102. The van der Waals surface area contributed by atoms with Crippen LogP contribution in [0.5, 0.6) is 0 Å². The Bertz CT molecular complexity index is 684. The van der Waals surface area contributed by atoms with Gasteiger partial charge in [0, 0.05) is 11.9 Å². The molecule has 2 aromatic heterocycles. The zero-order chi connectivity index (χ0) is 14.1. The number of aryl methyl sites for hydroxylation is 3. The Balaban J connectivity index is 1.84.